The van der Waals surface area contributed by atoms with Gasteiger partial charge in [0.2, 0.25) is 5.88 Å². The maximum atomic E-state index is 12.8. The fourth-order valence-electron chi connectivity index (χ4n) is 2.53. The highest BCUT2D eigenvalue weighted by Crippen LogP contribution is 2.26. The van der Waals surface area contributed by atoms with E-state index in [1.807, 2.05) is 19.9 Å². The minimum atomic E-state index is -0.594. The van der Waals surface area contributed by atoms with E-state index < -0.39 is 17.2 Å². The van der Waals surface area contributed by atoms with Gasteiger partial charge in [0.25, 0.3) is 5.56 Å². The number of carbonyl (C=O) groups is 1. The number of aromatic nitrogens is 1. The molecule has 0 fully saturated rings. The molecule has 1 heterocycles. The van der Waals surface area contributed by atoms with Gasteiger partial charge in [-0.2, -0.15) is 5.26 Å². The third-order valence-corrected chi connectivity index (χ3v) is 3.90. The first-order valence-electron chi connectivity index (χ1n) is 7.44. The molecule has 0 saturated carbocycles. The van der Waals surface area contributed by atoms with Crippen LogP contribution in [0.3, 0.4) is 0 Å². The predicted molar refractivity (Wildman–Crippen MR) is 91.5 cm³/mol. The van der Waals surface area contributed by atoms with Gasteiger partial charge in [-0.15, -0.1) is 0 Å². The summed E-state index contributed by atoms with van der Waals surface area (Å²) in [5, 5.41) is 20.2. The lowest BCUT2D eigenvalue weighted by molar-refractivity contribution is 0.103. The lowest BCUT2D eigenvalue weighted by atomic mass is 9.97. The Bertz CT molecular complexity index is 908. The summed E-state index contributed by atoms with van der Waals surface area (Å²) in [4.78, 5) is 25.2. The number of ketones is 1. The van der Waals surface area contributed by atoms with Crippen molar-refractivity contribution in [2.45, 2.75) is 27.3 Å². The SMILES string of the molecule is Cc1c(C(=O)c2cccc(Cl)c2)c(O)n(CC(C)C)c(=O)c1C#N. The van der Waals surface area contributed by atoms with Crippen molar-refractivity contribution in [3.8, 4) is 11.9 Å². The second-order valence-electron chi connectivity index (χ2n) is 5.96. The van der Waals surface area contributed by atoms with E-state index in [1.165, 1.54) is 13.0 Å². The highest BCUT2D eigenvalue weighted by molar-refractivity contribution is 6.31. The van der Waals surface area contributed by atoms with Crippen molar-refractivity contribution >= 4 is 17.4 Å². The number of rotatable bonds is 4. The highest BCUT2D eigenvalue weighted by Gasteiger charge is 2.25. The Morgan fingerprint density at radius 3 is 2.62 bits per heavy atom. The molecular weight excluding hydrogens is 328 g/mol. The topological polar surface area (TPSA) is 83.1 Å². The monoisotopic (exact) mass is 344 g/mol. The molecule has 0 saturated heterocycles. The fraction of sp³-hybridized carbons (Fsp3) is 0.278. The molecule has 2 rings (SSSR count). The number of nitriles is 1. The second kappa shape index (κ2) is 6.90. The molecule has 1 aromatic carbocycles. The van der Waals surface area contributed by atoms with Crippen molar-refractivity contribution in [2.24, 2.45) is 5.92 Å². The van der Waals surface area contributed by atoms with E-state index in [0.29, 0.717) is 5.02 Å². The van der Waals surface area contributed by atoms with Crippen LogP contribution < -0.4 is 5.56 Å². The number of aromatic hydroxyl groups is 1. The molecule has 0 spiro atoms. The van der Waals surface area contributed by atoms with Crippen LogP contribution in [-0.2, 0) is 6.54 Å². The zero-order chi connectivity index (χ0) is 18.0. The quantitative estimate of drug-likeness (QED) is 0.863. The Morgan fingerprint density at radius 1 is 1.42 bits per heavy atom. The standard InChI is InChI=1S/C18H17ClN2O3/c1-10(2)9-21-17(23)14(8-20)11(3)15(18(21)24)16(22)12-5-4-6-13(19)7-12/h4-7,10,24H,9H2,1-3H3. The third kappa shape index (κ3) is 3.19. The Labute approximate surface area is 144 Å². The van der Waals surface area contributed by atoms with Gasteiger partial charge in [0, 0.05) is 17.1 Å². The molecule has 2 aromatic rings. The van der Waals surface area contributed by atoms with Crippen LogP contribution in [0.5, 0.6) is 5.88 Å². The summed E-state index contributed by atoms with van der Waals surface area (Å²) >= 11 is 5.92. The number of pyridine rings is 1. The van der Waals surface area contributed by atoms with Crippen LogP contribution >= 0.6 is 11.6 Å². The first-order chi connectivity index (χ1) is 11.3. The number of nitrogens with zero attached hydrogens (tertiary/aromatic N) is 2. The minimum absolute atomic E-state index is 0.0472. The van der Waals surface area contributed by atoms with Crippen molar-refractivity contribution in [1.82, 2.24) is 4.57 Å². The molecule has 5 nitrogen and oxygen atoms in total. The number of hydrogen-bond donors (Lipinski definition) is 1. The third-order valence-electron chi connectivity index (χ3n) is 3.66. The largest absolute Gasteiger partial charge is 0.494 e. The molecular formula is C18H17ClN2O3. The number of halogens is 1. The minimum Gasteiger partial charge on any atom is -0.494 e. The van der Waals surface area contributed by atoms with Crippen molar-refractivity contribution in [1.29, 1.82) is 5.26 Å². The van der Waals surface area contributed by atoms with Gasteiger partial charge in [0.15, 0.2) is 5.78 Å². The maximum absolute atomic E-state index is 12.8. The van der Waals surface area contributed by atoms with Crippen molar-refractivity contribution in [2.75, 3.05) is 0 Å². The van der Waals surface area contributed by atoms with Crippen LogP contribution in [0.1, 0.15) is 40.9 Å². The van der Waals surface area contributed by atoms with Crippen LogP contribution in [0.25, 0.3) is 0 Å². The van der Waals surface area contributed by atoms with E-state index in [9.17, 15) is 20.0 Å². The zero-order valence-corrected chi connectivity index (χ0v) is 14.4. The van der Waals surface area contributed by atoms with Gasteiger partial charge in [-0.25, -0.2) is 0 Å². The Morgan fingerprint density at radius 2 is 2.08 bits per heavy atom. The van der Waals surface area contributed by atoms with E-state index in [0.717, 1.165) is 4.57 Å². The number of carbonyl (C=O) groups excluding carboxylic acids is 1. The van der Waals surface area contributed by atoms with Gasteiger partial charge < -0.3 is 5.11 Å². The summed E-state index contributed by atoms with van der Waals surface area (Å²) in [5.41, 5.74) is -0.332. The lowest BCUT2D eigenvalue weighted by Gasteiger charge is -2.17. The summed E-state index contributed by atoms with van der Waals surface area (Å²) in [6.45, 7) is 5.43. The summed E-state index contributed by atoms with van der Waals surface area (Å²) in [7, 11) is 0. The molecule has 0 radical (unpaired) electrons. The molecule has 0 unspecified atom stereocenters. The molecule has 0 aliphatic rings. The summed E-state index contributed by atoms with van der Waals surface area (Å²) in [6.07, 6.45) is 0. The van der Waals surface area contributed by atoms with Crippen molar-refractivity contribution in [3.63, 3.8) is 0 Å². The van der Waals surface area contributed by atoms with Crippen LogP contribution in [-0.4, -0.2) is 15.5 Å². The normalized spacial score (nSPS) is 10.7. The Balaban J connectivity index is 2.76. The molecule has 0 aliphatic heterocycles. The van der Waals surface area contributed by atoms with Crippen molar-refractivity contribution in [3.05, 3.63) is 61.9 Å². The zero-order valence-electron chi connectivity index (χ0n) is 13.6. The van der Waals surface area contributed by atoms with Gasteiger partial charge in [-0.1, -0.05) is 37.6 Å². The van der Waals surface area contributed by atoms with Crippen LogP contribution in [0.15, 0.2) is 29.1 Å². The summed E-state index contributed by atoms with van der Waals surface area (Å²) in [5.74, 6) is -0.853. The van der Waals surface area contributed by atoms with Crippen LogP contribution in [0.2, 0.25) is 5.02 Å². The molecule has 0 amide bonds. The molecule has 1 N–H and O–H groups in total. The lowest BCUT2D eigenvalue weighted by Crippen LogP contribution is -2.28. The van der Waals surface area contributed by atoms with E-state index in [4.69, 9.17) is 11.6 Å². The summed E-state index contributed by atoms with van der Waals surface area (Å²) in [6, 6.07) is 8.14. The van der Waals surface area contributed by atoms with Gasteiger partial charge in [0.1, 0.15) is 11.6 Å². The van der Waals surface area contributed by atoms with Crippen molar-refractivity contribution < 1.29 is 9.90 Å². The van der Waals surface area contributed by atoms with Gasteiger partial charge >= 0.3 is 0 Å². The van der Waals surface area contributed by atoms with Crippen LogP contribution in [0.4, 0.5) is 0 Å². The maximum Gasteiger partial charge on any atom is 0.271 e. The van der Waals surface area contributed by atoms with E-state index in [1.54, 1.807) is 18.2 Å². The fourth-order valence-corrected chi connectivity index (χ4v) is 2.72. The average Bonchev–Trinajstić information content (AvgIpc) is 2.51. The smallest absolute Gasteiger partial charge is 0.271 e. The molecule has 1 aromatic heterocycles. The van der Waals surface area contributed by atoms with Crippen LogP contribution in [0, 0.1) is 24.2 Å². The molecule has 0 aliphatic carbocycles. The molecule has 0 atom stereocenters. The molecule has 6 heteroatoms. The number of benzene rings is 1. The highest BCUT2D eigenvalue weighted by atomic mass is 35.5. The summed E-state index contributed by atoms with van der Waals surface area (Å²) < 4.78 is 1.08. The molecule has 124 valence electrons. The van der Waals surface area contributed by atoms with Gasteiger partial charge in [0.05, 0.1) is 5.56 Å². The van der Waals surface area contributed by atoms with E-state index in [2.05, 4.69) is 0 Å². The predicted octanol–water partition coefficient (Wildman–Crippen LogP) is 3.27. The molecule has 0 bridgehead atoms. The van der Waals surface area contributed by atoms with Gasteiger partial charge in [-0.05, 0) is 30.5 Å². The van der Waals surface area contributed by atoms with Gasteiger partial charge in [-0.3, -0.25) is 14.2 Å². The molecule has 24 heavy (non-hydrogen) atoms. The Hall–Kier alpha value is -2.58. The van der Waals surface area contributed by atoms with E-state index >= 15 is 0 Å². The Kier molecular flexibility index (Phi) is 5.10. The number of hydrogen-bond acceptors (Lipinski definition) is 4. The average molecular weight is 345 g/mol. The second-order valence-corrected chi connectivity index (χ2v) is 6.40. The first-order valence-corrected chi connectivity index (χ1v) is 7.82. The van der Waals surface area contributed by atoms with E-state index in [-0.39, 0.29) is 34.7 Å². The first kappa shape index (κ1) is 17.8.